The number of phenolic OH excluding ortho intramolecular Hbond substituents is 1. The number of nitriles is 1. The Morgan fingerprint density at radius 2 is 2.36 bits per heavy atom. The molecular formula is C9H7FN2O2. The first-order valence-corrected chi connectivity index (χ1v) is 3.79. The molecule has 0 fully saturated rings. The van der Waals surface area contributed by atoms with Crippen LogP contribution in [0.4, 0.5) is 10.1 Å². The summed E-state index contributed by atoms with van der Waals surface area (Å²) in [6.45, 7) is 0. The second-order valence-corrected chi connectivity index (χ2v) is 2.55. The maximum absolute atomic E-state index is 12.7. The molecule has 0 aliphatic rings. The Labute approximate surface area is 79.6 Å². The van der Waals surface area contributed by atoms with Gasteiger partial charge in [-0.25, -0.2) is 4.39 Å². The summed E-state index contributed by atoms with van der Waals surface area (Å²) in [5.41, 5.74) is 0.209. The number of aromatic hydroxyl groups is 1. The van der Waals surface area contributed by atoms with Gasteiger partial charge in [-0.05, 0) is 12.1 Å². The fraction of sp³-hybridized carbons (Fsp3) is 0.111. The van der Waals surface area contributed by atoms with Crippen molar-refractivity contribution < 1.29 is 14.3 Å². The van der Waals surface area contributed by atoms with Crippen molar-refractivity contribution in [3.63, 3.8) is 0 Å². The van der Waals surface area contributed by atoms with Crippen LogP contribution in [-0.2, 0) is 4.79 Å². The van der Waals surface area contributed by atoms with Crippen molar-refractivity contribution in [3.05, 3.63) is 24.0 Å². The first kappa shape index (κ1) is 9.99. The van der Waals surface area contributed by atoms with Crippen LogP contribution in [0.25, 0.3) is 0 Å². The molecule has 0 unspecified atom stereocenters. The average molecular weight is 194 g/mol. The van der Waals surface area contributed by atoms with Crippen molar-refractivity contribution in [2.75, 3.05) is 5.32 Å². The Hall–Kier alpha value is -2.09. The normalized spacial score (nSPS) is 9.14. The summed E-state index contributed by atoms with van der Waals surface area (Å²) < 4.78 is 12.7. The second kappa shape index (κ2) is 4.23. The SMILES string of the molecule is N#CCC(=O)Nc1ccc(O)c(F)c1. The molecule has 0 radical (unpaired) electrons. The first-order valence-electron chi connectivity index (χ1n) is 3.79. The minimum Gasteiger partial charge on any atom is -0.505 e. The van der Waals surface area contributed by atoms with E-state index in [4.69, 9.17) is 10.4 Å². The quantitative estimate of drug-likeness (QED) is 0.698. The monoisotopic (exact) mass is 194 g/mol. The van der Waals surface area contributed by atoms with Crippen LogP contribution in [0.1, 0.15) is 6.42 Å². The maximum atomic E-state index is 12.7. The molecule has 0 saturated carbocycles. The van der Waals surface area contributed by atoms with Crippen LogP contribution in [-0.4, -0.2) is 11.0 Å². The van der Waals surface area contributed by atoms with Gasteiger partial charge in [-0.2, -0.15) is 5.26 Å². The summed E-state index contributed by atoms with van der Waals surface area (Å²) in [4.78, 5) is 10.9. The molecule has 0 bridgehead atoms. The maximum Gasteiger partial charge on any atom is 0.238 e. The van der Waals surface area contributed by atoms with Crippen LogP contribution in [0, 0.1) is 17.1 Å². The Kier molecular flexibility index (Phi) is 3.02. The van der Waals surface area contributed by atoms with Gasteiger partial charge in [0.25, 0.3) is 0 Å². The molecule has 1 amide bonds. The number of hydrogen-bond donors (Lipinski definition) is 2. The smallest absolute Gasteiger partial charge is 0.238 e. The molecule has 5 heteroatoms. The Morgan fingerprint density at radius 1 is 1.64 bits per heavy atom. The molecule has 0 heterocycles. The third-order valence-electron chi connectivity index (χ3n) is 1.47. The van der Waals surface area contributed by atoms with Gasteiger partial charge in [-0.15, -0.1) is 0 Å². The van der Waals surface area contributed by atoms with Gasteiger partial charge in [0.1, 0.15) is 6.42 Å². The Bertz CT molecular complexity index is 398. The van der Waals surface area contributed by atoms with E-state index in [0.717, 1.165) is 12.1 Å². The molecule has 0 saturated heterocycles. The molecule has 1 rings (SSSR count). The molecule has 1 aromatic carbocycles. The standard InChI is InChI=1S/C9H7FN2O2/c10-7-5-6(1-2-8(7)13)12-9(14)3-4-11/h1-2,5,13H,3H2,(H,12,14). The van der Waals surface area contributed by atoms with E-state index in [9.17, 15) is 9.18 Å². The summed E-state index contributed by atoms with van der Waals surface area (Å²) in [5.74, 6) is -1.82. The number of carbonyl (C=O) groups is 1. The lowest BCUT2D eigenvalue weighted by Gasteiger charge is -2.02. The minimum absolute atomic E-state index is 0.209. The number of phenols is 1. The fourth-order valence-corrected chi connectivity index (χ4v) is 0.862. The molecule has 14 heavy (non-hydrogen) atoms. The molecular weight excluding hydrogens is 187 g/mol. The number of amides is 1. The first-order chi connectivity index (χ1) is 6.63. The lowest BCUT2D eigenvalue weighted by molar-refractivity contribution is -0.115. The zero-order valence-corrected chi connectivity index (χ0v) is 7.12. The number of nitrogens with zero attached hydrogens (tertiary/aromatic N) is 1. The number of halogens is 1. The highest BCUT2D eigenvalue weighted by molar-refractivity contribution is 5.92. The minimum atomic E-state index is -0.820. The van der Waals surface area contributed by atoms with Crippen LogP contribution in [0.5, 0.6) is 5.75 Å². The van der Waals surface area contributed by atoms with Gasteiger partial charge in [0.05, 0.1) is 6.07 Å². The summed E-state index contributed by atoms with van der Waals surface area (Å²) in [6.07, 6.45) is -0.289. The number of nitrogens with one attached hydrogen (secondary N) is 1. The predicted molar refractivity (Wildman–Crippen MR) is 46.9 cm³/mol. The third kappa shape index (κ3) is 2.45. The molecule has 1 aromatic rings. The van der Waals surface area contributed by atoms with Gasteiger partial charge in [0, 0.05) is 11.8 Å². The third-order valence-corrected chi connectivity index (χ3v) is 1.47. The van der Waals surface area contributed by atoms with E-state index >= 15 is 0 Å². The zero-order chi connectivity index (χ0) is 10.6. The van der Waals surface area contributed by atoms with Crippen molar-refractivity contribution in [3.8, 4) is 11.8 Å². The summed E-state index contributed by atoms with van der Waals surface area (Å²) in [7, 11) is 0. The Morgan fingerprint density at radius 3 is 2.93 bits per heavy atom. The van der Waals surface area contributed by atoms with Crippen molar-refractivity contribution in [1.82, 2.24) is 0 Å². The van der Waals surface area contributed by atoms with Crippen molar-refractivity contribution >= 4 is 11.6 Å². The zero-order valence-electron chi connectivity index (χ0n) is 7.12. The summed E-state index contributed by atoms with van der Waals surface area (Å²) in [6, 6.07) is 5.10. The van der Waals surface area contributed by atoms with Gasteiger partial charge in [0.2, 0.25) is 5.91 Å². The fourth-order valence-electron chi connectivity index (χ4n) is 0.862. The lowest BCUT2D eigenvalue weighted by Crippen LogP contribution is -2.10. The lowest BCUT2D eigenvalue weighted by atomic mass is 10.3. The Balaban J connectivity index is 2.74. The number of benzene rings is 1. The molecule has 2 N–H and O–H groups in total. The van der Waals surface area contributed by atoms with E-state index in [1.807, 2.05) is 0 Å². The molecule has 4 nitrogen and oxygen atoms in total. The molecule has 0 spiro atoms. The molecule has 0 aliphatic heterocycles. The van der Waals surface area contributed by atoms with E-state index in [-0.39, 0.29) is 12.1 Å². The van der Waals surface area contributed by atoms with Crippen molar-refractivity contribution in [2.24, 2.45) is 0 Å². The van der Waals surface area contributed by atoms with E-state index < -0.39 is 17.5 Å². The summed E-state index contributed by atoms with van der Waals surface area (Å²) in [5, 5.41) is 19.3. The van der Waals surface area contributed by atoms with Crippen molar-refractivity contribution in [1.29, 1.82) is 5.26 Å². The van der Waals surface area contributed by atoms with Crippen LogP contribution in [0.15, 0.2) is 18.2 Å². The van der Waals surface area contributed by atoms with Gasteiger partial charge in [-0.3, -0.25) is 4.79 Å². The molecule has 0 aromatic heterocycles. The van der Waals surface area contributed by atoms with Crippen LogP contribution in [0.2, 0.25) is 0 Å². The number of rotatable bonds is 2. The van der Waals surface area contributed by atoms with Gasteiger partial charge in [-0.1, -0.05) is 0 Å². The summed E-state index contributed by atoms with van der Waals surface area (Å²) >= 11 is 0. The van der Waals surface area contributed by atoms with Crippen LogP contribution in [0.3, 0.4) is 0 Å². The average Bonchev–Trinajstić information content (AvgIpc) is 2.12. The van der Waals surface area contributed by atoms with Gasteiger partial charge >= 0.3 is 0 Å². The number of hydrogen-bond acceptors (Lipinski definition) is 3. The van der Waals surface area contributed by atoms with E-state index in [2.05, 4.69) is 5.32 Å². The molecule has 0 atom stereocenters. The number of anilines is 1. The van der Waals surface area contributed by atoms with E-state index in [0.29, 0.717) is 0 Å². The molecule has 0 aliphatic carbocycles. The molecule has 72 valence electrons. The second-order valence-electron chi connectivity index (χ2n) is 2.55. The highest BCUT2D eigenvalue weighted by atomic mass is 19.1. The topological polar surface area (TPSA) is 73.1 Å². The largest absolute Gasteiger partial charge is 0.505 e. The van der Waals surface area contributed by atoms with E-state index in [1.165, 1.54) is 6.07 Å². The van der Waals surface area contributed by atoms with Gasteiger partial charge in [0.15, 0.2) is 11.6 Å². The highest BCUT2D eigenvalue weighted by Gasteiger charge is 2.04. The van der Waals surface area contributed by atoms with Crippen molar-refractivity contribution in [2.45, 2.75) is 6.42 Å². The highest BCUT2D eigenvalue weighted by Crippen LogP contribution is 2.19. The predicted octanol–water partition coefficient (Wildman–Crippen LogP) is 1.38. The van der Waals surface area contributed by atoms with E-state index in [1.54, 1.807) is 6.07 Å². The van der Waals surface area contributed by atoms with Gasteiger partial charge < -0.3 is 10.4 Å². The van der Waals surface area contributed by atoms with Crippen LogP contribution < -0.4 is 5.32 Å². The van der Waals surface area contributed by atoms with Crippen LogP contribution >= 0.6 is 0 Å². The number of carbonyl (C=O) groups excluding carboxylic acids is 1.